The van der Waals surface area contributed by atoms with Crippen LogP contribution >= 0.6 is 11.8 Å². The summed E-state index contributed by atoms with van der Waals surface area (Å²) in [4.78, 5) is 14.5. The van der Waals surface area contributed by atoms with Crippen molar-refractivity contribution >= 4 is 29.1 Å². The second-order valence-corrected chi connectivity index (χ2v) is 7.40. The highest BCUT2D eigenvalue weighted by atomic mass is 32.2. The summed E-state index contributed by atoms with van der Waals surface area (Å²) < 4.78 is 5.32. The molecule has 0 bridgehead atoms. The highest BCUT2D eigenvalue weighted by Gasteiger charge is 2.37. The van der Waals surface area contributed by atoms with E-state index in [2.05, 4.69) is 23.2 Å². The molecule has 0 saturated carbocycles. The molecule has 140 valence electrons. The fraction of sp³-hybridized carbons (Fsp3) is 0.286. The van der Waals surface area contributed by atoms with Gasteiger partial charge in [0.25, 0.3) is 0 Å². The van der Waals surface area contributed by atoms with Crippen molar-refractivity contribution in [3.8, 4) is 5.75 Å². The van der Waals surface area contributed by atoms with Crippen LogP contribution in [0.3, 0.4) is 0 Å². The number of aryl methyl sites for hydroxylation is 1. The van der Waals surface area contributed by atoms with Gasteiger partial charge in [0.2, 0.25) is 5.91 Å². The molecule has 1 aliphatic rings. The summed E-state index contributed by atoms with van der Waals surface area (Å²) in [5.74, 6) is 0.830. The normalized spacial score (nSPS) is 18.6. The molecule has 3 rings (SSSR count). The van der Waals surface area contributed by atoms with E-state index in [-0.39, 0.29) is 11.2 Å². The number of ether oxygens (including phenoxy) is 1. The summed E-state index contributed by atoms with van der Waals surface area (Å²) in [6.07, 6.45) is 2.42. The van der Waals surface area contributed by atoms with Crippen molar-refractivity contribution < 1.29 is 9.53 Å². The van der Waals surface area contributed by atoms with Crippen LogP contribution in [0.1, 0.15) is 30.0 Å². The lowest BCUT2D eigenvalue weighted by Crippen LogP contribution is -2.31. The first-order valence-electron chi connectivity index (χ1n) is 8.90. The molecular formula is C21H23N3O2S. The number of para-hydroxylation sites is 1. The zero-order valence-corrected chi connectivity index (χ0v) is 16.6. The molecule has 6 heteroatoms. The van der Waals surface area contributed by atoms with E-state index in [0.29, 0.717) is 11.7 Å². The van der Waals surface area contributed by atoms with Crippen molar-refractivity contribution in [1.82, 2.24) is 4.90 Å². The molecule has 1 fully saturated rings. The summed E-state index contributed by atoms with van der Waals surface area (Å²) in [6, 6.07) is 15.7. The molecule has 1 aliphatic heterocycles. The molecule has 27 heavy (non-hydrogen) atoms. The predicted molar refractivity (Wildman–Crippen MR) is 111 cm³/mol. The number of benzene rings is 2. The zero-order chi connectivity index (χ0) is 19.2. The Morgan fingerprint density at radius 2 is 1.93 bits per heavy atom. The molecule has 0 spiro atoms. The van der Waals surface area contributed by atoms with Crippen molar-refractivity contribution in [2.24, 2.45) is 10.2 Å². The molecular weight excluding hydrogens is 358 g/mol. The van der Waals surface area contributed by atoms with Gasteiger partial charge in [-0.05, 0) is 36.6 Å². The molecule has 1 atom stereocenters. The zero-order valence-electron chi connectivity index (χ0n) is 15.8. The SMILES string of the molecule is CC[C@H]1S/C(=N\N=C/c2ccccc2OC)N(Cc2ccccc2C)C1=O. The van der Waals surface area contributed by atoms with E-state index in [1.165, 1.54) is 11.8 Å². The first kappa shape index (κ1) is 19.2. The minimum Gasteiger partial charge on any atom is -0.496 e. The molecule has 0 unspecified atom stereocenters. The molecule has 5 nitrogen and oxygen atoms in total. The molecule has 0 N–H and O–H groups in total. The monoisotopic (exact) mass is 381 g/mol. The van der Waals surface area contributed by atoms with Gasteiger partial charge in [-0.3, -0.25) is 9.69 Å². The van der Waals surface area contributed by atoms with Crippen LogP contribution in [0, 0.1) is 6.92 Å². The first-order valence-corrected chi connectivity index (χ1v) is 9.78. The van der Waals surface area contributed by atoms with Crippen LogP contribution in [0.4, 0.5) is 0 Å². The van der Waals surface area contributed by atoms with Crippen molar-refractivity contribution in [1.29, 1.82) is 0 Å². The largest absolute Gasteiger partial charge is 0.496 e. The second kappa shape index (κ2) is 8.86. The molecule has 2 aromatic carbocycles. The number of carbonyl (C=O) groups is 1. The predicted octanol–water partition coefficient (Wildman–Crippen LogP) is 4.25. The summed E-state index contributed by atoms with van der Waals surface area (Å²) in [7, 11) is 1.62. The highest BCUT2D eigenvalue weighted by molar-refractivity contribution is 8.15. The number of amidine groups is 1. The van der Waals surface area contributed by atoms with Gasteiger partial charge < -0.3 is 4.74 Å². The highest BCUT2D eigenvalue weighted by Crippen LogP contribution is 2.31. The molecule has 0 aromatic heterocycles. The van der Waals surface area contributed by atoms with Crippen LogP contribution in [-0.4, -0.2) is 34.5 Å². The van der Waals surface area contributed by atoms with Crippen molar-refractivity contribution in [2.45, 2.75) is 32.1 Å². The van der Waals surface area contributed by atoms with Crippen LogP contribution in [-0.2, 0) is 11.3 Å². The van der Waals surface area contributed by atoms with Crippen LogP contribution in [0.2, 0.25) is 0 Å². The standard InChI is InChI=1S/C21H23N3O2S/c1-4-19-20(25)24(14-17-11-6-5-9-15(17)2)21(27-19)23-22-13-16-10-7-8-12-18(16)26-3/h5-13,19H,4,14H2,1-3H3/b22-13-,23-21-/t19-/m1/s1. The molecule has 0 radical (unpaired) electrons. The lowest BCUT2D eigenvalue weighted by Gasteiger charge is -2.17. The van der Waals surface area contributed by atoms with E-state index in [1.807, 2.05) is 49.4 Å². The van der Waals surface area contributed by atoms with Gasteiger partial charge in [-0.15, -0.1) is 5.10 Å². The van der Waals surface area contributed by atoms with Crippen LogP contribution < -0.4 is 4.74 Å². The van der Waals surface area contributed by atoms with Gasteiger partial charge in [-0.25, -0.2) is 0 Å². The quantitative estimate of drug-likeness (QED) is 0.555. The number of rotatable bonds is 6. The average molecular weight is 382 g/mol. The Morgan fingerprint density at radius 3 is 2.67 bits per heavy atom. The van der Waals surface area contributed by atoms with Crippen molar-refractivity contribution in [2.75, 3.05) is 7.11 Å². The fourth-order valence-corrected chi connectivity index (χ4v) is 3.89. The van der Waals surface area contributed by atoms with E-state index in [0.717, 1.165) is 28.9 Å². The molecule has 1 saturated heterocycles. The fourth-order valence-electron chi connectivity index (χ4n) is 2.86. The third-order valence-corrected chi connectivity index (χ3v) is 5.79. The summed E-state index contributed by atoms with van der Waals surface area (Å²) >= 11 is 1.48. The third-order valence-electron chi connectivity index (χ3n) is 4.46. The third kappa shape index (κ3) is 4.39. The minimum atomic E-state index is -0.103. The van der Waals surface area contributed by atoms with Gasteiger partial charge in [-0.1, -0.05) is 55.1 Å². The summed E-state index contributed by atoms with van der Waals surface area (Å²) in [5.41, 5.74) is 3.12. The van der Waals surface area contributed by atoms with Crippen molar-refractivity contribution in [3.05, 3.63) is 65.2 Å². The number of carbonyl (C=O) groups excluding carboxylic acids is 1. The summed E-state index contributed by atoms with van der Waals surface area (Å²) in [6.45, 7) is 4.58. The molecule has 1 amide bonds. The molecule has 1 heterocycles. The second-order valence-electron chi connectivity index (χ2n) is 6.23. The van der Waals surface area contributed by atoms with Gasteiger partial charge >= 0.3 is 0 Å². The van der Waals surface area contributed by atoms with Crippen LogP contribution in [0.15, 0.2) is 58.7 Å². The average Bonchev–Trinajstić information content (AvgIpc) is 2.99. The Balaban J connectivity index is 1.84. The van der Waals surface area contributed by atoms with Gasteiger partial charge in [-0.2, -0.15) is 5.10 Å². The lowest BCUT2D eigenvalue weighted by molar-refractivity contribution is -0.126. The topological polar surface area (TPSA) is 54.3 Å². The van der Waals surface area contributed by atoms with Crippen LogP contribution in [0.5, 0.6) is 5.75 Å². The van der Waals surface area contributed by atoms with Gasteiger partial charge in [0.1, 0.15) is 5.75 Å². The minimum absolute atomic E-state index is 0.0944. The van der Waals surface area contributed by atoms with Gasteiger partial charge in [0.05, 0.1) is 25.1 Å². The maximum absolute atomic E-state index is 12.7. The number of thioether (sulfide) groups is 1. The Morgan fingerprint density at radius 1 is 1.19 bits per heavy atom. The maximum Gasteiger partial charge on any atom is 0.242 e. The Hall–Kier alpha value is -2.60. The maximum atomic E-state index is 12.7. The number of nitrogens with zero attached hydrogens (tertiary/aromatic N) is 3. The van der Waals surface area contributed by atoms with Crippen LogP contribution in [0.25, 0.3) is 0 Å². The number of amides is 1. The molecule has 2 aromatic rings. The van der Waals surface area contributed by atoms with Gasteiger partial charge in [0, 0.05) is 5.56 Å². The van der Waals surface area contributed by atoms with Gasteiger partial charge in [0.15, 0.2) is 5.17 Å². The number of hydrogen-bond donors (Lipinski definition) is 0. The van der Waals surface area contributed by atoms with E-state index in [1.54, 1.807) is 18.2 Å². The smallest absolute Gasteiger partial charge is 0.242 e. The van der Waals surface area contributed by atoms with E-state index >= 15 is 0 Å². The Labute approximate surface area is 164 Å². The lowest BCUT2D eigenvalue weighted by atomic mass is 10.1. The number of hydrogen-bond acceptors (Lipinski definition) is 5. The molecule has 0 aliphatic carbocycles. The Kier molecular flexibility index (Phi) is 6.29. The van der Waals surface area contributed by atoms with Crippen molar-refractivity contribution in [3.63, 3.8) is 0 Å². The Bertz CT molecular complexity index is 879. The first-order chi connectivity index (χ1) is 13.1. The van der Waals surface area contributed by atoms with E-state index in [4.69, 9.17) is 4.74 Å². The van der Waals surface area contributed by atoms with E-state index in [9.17, 15) is 4.79 Å². The summed E-state index contributed by atoms with van der Waals surface area (Å²) in [5, 5.41) is 9.10. The van der Waals surface area contributed by atoms with E-state index < -0.39 is 0 Å². The number of methoxy groups -OCH3 is 1.